The van der Waals surface area contributed by atoms with Crippen molar-refractivity contribution in [1.29, 1.82) is 0 Å². The van der Waals surface area contributed by atoms with Crippen LogP contribution in [0, 0.1) is 0 Å². The van der Waals surface area contributed by atoms with E-state index in [0.717, 1.165) is 24.3 Å². The summed E-state index contributed by atoms with van der Waals surface area (Å²) in [7, 11) is 1.64. The smallest absolute Gasteiger partial charge is 0.280 e. The maximum atomic E-state index is 13.1. The van der Waals surface area contributed by atoms with E-state index < -0.39 is 0 Å². The van der Waals surface area contributed by atoms with Crippen molar-refractivity contribution in [3.05, 3.63) is 36.2 Å². The number of methoxy groups -OCH3 is 1. The highest BCUT2D eigenvalue weighted by atomic mass is 16.5. The molecule has 1 saturated heterocycles. The Morgan fingerprint density at radius 1 is 1.28 bits per heavy atom. The fraction of sp³-hybridized carbons (Fsp3) is 0.500. The van der Waals surface area contributed by atoms with Gasteiger partial charge in [-0.25, -0.2) is 4.68 Å². The lowest BCUT2D eigenvalue weighted by molar-refractivity contribution is 0.0977. The Labute approximate surface area is 147 Å². The zero-order valence-corrected chi connectivity index (χ0v) is 14.5. The van der Waals surface area contributed by atoms with Gasteiger partial charge in [0.25, 0.3) is 5.91 Å². The molecule has 0 radical (unpaired) electrons. The van der Waals surface area contributed by atoms with Gasteiger partial charge in [-0.05, 0) is 31.4 Å². The zero-order chi connectivity index (χ0) is 17.2. The van der Waals surface area contributed by atoms with Gasteiger partial charge in [-0.3, -0.25) is 4.79 Å². The molecule has 0 N–H and O–H groups in total. The van der Waals surface area contributed by atoms with Crippen LogP contribution in [-0.4, -0.2) is 53.7 Å². The summed E-state index contributed by atoms with van der Waals surface area (Å²) < 4.78 is 6.70. The number of nitrogens with zero attached hydrogens (tertiary/aromatic N) is 5. The van der Waals surface area contributed by atoms with Crippen LogP contribution in [-0.2, 0) is 11.3 Å². The van der Waals surface area contributed by atoms with Crippen LogP contribution in [0.3, 0.4) is 0 Å². The van der Waals surface area contributed by atoms with Crippen molar-refractivity contribution in [2.24, 2.45) is 0 Å². The molecule has 3 heterocycles. The standard InChI is InChI=1S/C18H23N5O2/c1-25-11-10-21-13-15(19-20-21)18(24)23-12-14-6-4-5-9-22(14)16-7-2-3-8-17(16)23/h2-3,7-8,13-14H,4-6,9-12H2,1H3/t14-/m1/s1. The summed E-state index contributed by atoms with van der Waals surface area (Å²) in [6.07, 6.45) is 5.26. The topological polar surface area (TPSA) is 63.5 Å². The summed E-state index contributed by atoms with van der Waals surface area (Å²) in [6, 6.07) is 8.55. The van der Waals surface area contributed by atoms with Crippen LogP contribution in [0.4, 0.5) is 11.4 Å². The highest BCUT2D eigenvalue weighted by Crippen LogP contribution is 2.38. The monoisotopic (exact) mass is 341 g/mol. The van der Waals surface area contributed by atoms with Crippen molar-refractivity contribution < 1.29 is 9.53 Å². The first kappa shape index (κ1) is 16.1. The van der Waals surface area contributed by atoms with Crippen LogP contribution in [0.25, 0.3) is 0 Å². The molecule has 2 aliphatic heterocycles. The lowest BCUT2D eigenvalue weighted by Crippen LogP contribution is -2.53. The number of piperidine rings is 1. The first-order valence-electron chi connectivity index (χ1n) is 8.84. The van der Waals surface area contributed by atoms with Crippen molar-refractivity contribution in [2.45, 2.75) is 31.8 Å². The van der Waals surface area contributed by atoms with Crippen LogP contribution in [0.2, 0.25) is 0 Å². The van der Waals surface area contributed by atoms with Gasteiger partial charge in [0.05, 0.1) is 30.7 Å². The van der Waals surface area contributed by atoms with Crippen molar-refractivity contribution in [2.75, 3.05) is 36.6 Å². The van der Waals surface area contributed by atoms with Crippen molar-refractivity contribution in [1.82, 2.24) is 15.0 Å². The second-order valence-corrected chi connectivity index (χ2v) is 6.61. The number of amides is 1. The molecule has 1 aromatic heterocycles. The second-order valence-electron chi connectivity index (χ2n) is 6.61. The van der Waals surface area contributed by atoms with Gasteiger partial charge in [0.1, 0.15) is 0 Å². The minimum Gasteiger partial charge on any atom is -0.383 e. The van der Waals surface area contributed by atoms with Crippen LogP contribution in [0.5, 0.6) is 0 Å². The number of hydrogen-bond acceptors (Lipinski definition) is 5. The molecule has 0 saturated carbocycles. The highest BCUT2D eigenvalue weighted by molar-refractivity contribution is 6.07. The van der Waals surface area contributed by atoms with Crippen LogP contribution >= 0.6 is 0 Å². The molecule has 0 aliphatic carbocycles. The predicted octanol–water partition coefficient (Wildman–Crippen LogP) is 1.94. The van der Waals surface area contributed by atoms with E-state index in [2.05, 4.69) is 21.3 Å². The molecule has 0 bridgehead atoms. The largest absolute Gasteiger partial charge is 0.383 e. The van der Waals surface area contributed by atoms with Gasteiger partial charge in [-0.1, -0.05) is 17.3 Å². The van der Waals surface area contributed by atoms with E-state index in [9.17, 15) is 4.79 Å². The Kier molecular flexibility index (Phi) is 4.40. The highest BCUT2D eigenvalue weighted by Gasteiger charge is 2.35. The molecule has 1 aromatic carbocycles. The summed E-state index contributed by atoms with van der Waals surface area (Å²) >= 11 is 0. The predicted molar refractivity (Wildman–Crippen MR) is 95.0 cm³/mol. The molecule has 7 heteroatoms. The summed E-state index contributed by atoms with van der Waals surface area (Å²) in [5, 5.41) is 8.11. The number of fused-ring (bicyclic) bond motifs is 3. The van der Waals surface area contributed by atoms with E-state index >= 15 is 0 Å². The first-order chi connectivity index (χ1) is 12.3. The minimum absolute atomic E-state index is 0.0821. The Balaban J connectivity index is 1.62. The van der Waals surface area contributed by atoms with Crippen molar-refractivity contribution in [3.8, 4) is 0 Å². The molecular formula is C18H23N5O2. The number of aromatic nitrogens is 3. The zero-order valence-electron chi connectivity index (χ0n) is 14.5. The van der Waals surface area contributed by atoms with Crippen LogP contribution in [0.15, 0.2) is 30.5 Å². The summed E-state index contributed by atoms with van der Waals surface area (Å²) in [6.45, 7) is 2.90. The summed E-state index contributed by atoms with van der Waals surface area (Å²) in [5.41, 5.74) is 2.51. The lowest BCUT2D eigenvalue weighted by Gasteiger charge is -2.46. The normalized spacial score (nSPS) is 19.5. The average Bonchev–Trinajstić information content (AvgIpc) is 3.14. The molecule has 25 heavy (non-hydrogen) atoms. The molecule has 7 nitrogen and oxygen atoms in total. The number of rotatable bonds is 4. The Morgan fingerprint density at radius 2 is 2.12 bits per heavy atom. The van der Waals surface area contributed by atoms with Gasteiger partial charge in [0.15, 0.2) is 5.69 Å². The Hall–Kier alpha value is -2.41. The van der Waals surface area contributed by atoms with E-state index in [0.29, 0.717) is 31.4 Å². The molecule has 1 fully saturated rings. The number of anilines is 2. The van der Waals surface area contributed by atoms with Gasteiger partial charge < -0.3 is 14.5 Å². The second kappa shape index (κ2) is 6.84. The molecule has 0 unspecified atom stereocenters. The van der Waals surface area contributed by atoms with Crippen LogP contribution in [0.1, 0.15) is 29.8 Å². The van der Waals surface area contributed by atoms with E-state index in [1.54, 1.807) is 18.0 Å². The van der Waals surface area contributed by atoms with E-state index in [1.807, 2.05) is 23.1 Å². The third-order valence-corrected chi connectivity index (χ3v) is 5.03. The van der Waals surface area contributed by atoms with Gasteiger partial charge in [0.2, 0.25) is 0 Å². The van der Waals surface area contributed by atoms with E-state index in [-0.39, 0.29) is 5.91 Å². The Morgan fingerprint density at radius 3 is 2.96 bits per heavy atom. The lowest BCUT2D eigenvalue weighted by atomic mass is 9.97. The average molecular weight is 341 g/mol. The quantitative estimate of drug-likeness (QED) is 0.850. The van der Waals surface area contributed by atoms with Crippen molar-refractivity contribution in [3.63, 3.8) is 0 Å². The number of ether oxygens (including phenoxy) is 1. The van der Waals surface area contributed by atoms with E-state index in [4.69, 9.17) is 4.74 Å². The summed E-state index contributed by atoms with van der Waals surface area (Å²) in [5.74, 6) is -0.0821. The molecule has 0 spiro atoms. The minimum atomic E-state index is -0.0821. The van der Waals surface area contributed by atoms with Gasteiger partial charge in [0, 0.05) is 26.2 Å². The number of hydrogen-bond donors (Lipinski definition) is 0. The molecule has 132 valence electrons. The fourth-order valence-electron chi connectivity index (χ4n) is 3.77. The Bertz CT molecular complexity index is 759. The van der Waals surface area contributed by atoms with Crippen molar-refractivity contribution >= 4 is 17.3 Å². The number of para-hydroxylation sites is 2. The number of carbonyl (C=O) groups is 1. The van der Waals surface area contributed by atoms with Gasteiger partial charge >= 0.3 is 0 Å². The molecule has 1 amide bonds. The maximum absolute atomic E-state index is 13.1. The van der Waals surface area contributed by atoms with Gasteiger partial charge in [-0.2, -0.15) is 0 Å². The fourth-order valence-corrected chi connectivity index (χ4v) is 3.77. The number of carbonyl (C=O) groups excluding carboxylic acids is 1. The SMILES string of the molecule is COCCn1cc(C(=O)N2C[C@H]3CCCCN3c3ccccc32)nn1. The molecular weight excluding hydrogens is 318 g/mol. The van der Waals surface area contributed by atoms with Crippen LogP contribution < -0.4 is 9.80 Å². The van der Waals surface area contributed by atoms with E-state index in [1.165, 1.54) is 12.8 Å². The molecule has 2 aliphatic rings. The third-order valence-electron chi connectivity index (χ3n) is 5.03. The first-order valence-corrected chi connectivity index (χ1v) is 8.84. The number of benzene rings is 1. The molecule has 2 aromatic rings. The molecule has 1 atom stereocenters. The van der Waals surface area contributed by atoms with Gasteiger partial charge in [-0.15, -0.1) is 5.10 Å². The maximum Gasteiger partial charge on any atom is 0.280 e. The third kappa shape index (κ3) is 3.00. The summed E-state index contributed by atoms with van der Waals surface area (Å²) in [4.78, 5) is 17.4. The molecule has 4 rings (SSSR count).